The Bertz CT molecular complexity index is 1310. The highest BCUT2D eigenvalue weighted by molar-refractivity contribution is 5.69. The number of carboxylic acids is 1. The number of aromatic hydroxyl groups is 1. The fraction of sp³-hybridized carbons (Fsp3) is 0.214. The molecular formula is C28H28N2O7. The highest BCUT2D eigenvalue weighted by atomic mass is 16.6. The first-order valence-corrected chi connectivity index (χ1v) is 11.7. The summed E-state index contributed by atoms with van der Waals surface area (Å²) in [5, 5.41) is 29.2. The monoisotopic (exact) mass is 504 g/mol. The third-order valence-electron chi connectivity index (χ3n) is 5.53. The topological polar surface area (TPSA) is 125 Å². The molecule has 9 nitrogen and oxygen atoms in total. The van der Waals surface area contributed by atoms with Crippen molar-refractivity contribution in [1.82, 2.24) is 9.88 Å². The van der Waals surface area contributed by atoms with E-state index in [4.69, 9.17) is 13.9 Å². The maximum absolute atomic E-state index is 11.4. The number of hydrogen-bond donors (Lipinski definition) is 3. The fourth-order valence-electron chi connectivity index (χ4n) is 3.70. The van der Waals surface area contributed by atoms with Gasteiger partial charge in [-0.1, -0.05) is 30.3 Å². The van der Waals surface area contributed by atoms with E-state index in [1.165, 1.54) is 29.2 Å². The minimum absolute atomic E-state index is 0.0522. The summed E-state index contributed by atoms with van der Waals surface area (Å²) in [5.41, 5.74) is 2.46. The first-order valence-electron chi connectivity index (χ1n) is 11.7. The molecule has 0 spiro atoms. The predicted molar refractivity (Wildman–Crippen MR) is 135 cm³/mol. The van der Waals surface area contributed by atoms with Gasteiger partial charge in [-0.3, -0.25) is 4.79 Å². The Labute approximate surface area is 214 Å². The number of aryl methyl sites for hydroxylation is 1. The highest BCUT2D eigenvalue weighted by Crippen LogP contribution is 2.23. The lowest BCUT2D eigenvalue weighted by Gasteiger charge is -2.26. The number of rotatable bonds is 12. The zero-order valence-corrected chi connectivity index (χ0v) is 20.3. The molecule has 4 rings (SSSR count). The summed E-state index contributed by atoms with van der Waals surface area (Å²) < 4.78 is 17.2. The number of carboxylic acid groups (broad SMARTS) is 1. The normalized spacial score (nSPS) is 11.9. The molecule has 3 aromatic carbocycles. The van der Waals surface area contributed by atoms with Crippen molar-refractivity contribution in [1.29, 1.82) is 0 Å². The summed E-state index contributed by atoms with van der Waals surface area (Å²) in [6.07, 6.45) is -0.962. The second-order valence-corrected chi connectivity index (χ2v) is 8.37. The summed E-state index contributed by atoms with van der Waals surface area (Å²) in [6, 6.07) is 22.7. The number of aliphatic hydroxyl groups is 1. The van der Waals surface area contributed by atoms with Crippen molar-refractivity contribution < 1.29 is 34.0 Å². The summed E-state index contributed by atoms with van der Waals surface area (Å²) in [5.74, 6) is 1.14. The van der Waals surface area contributed by atoms with Gasteiger partial charge in [0.05, 0.1) is 12.3 Å². The van der Waals surface area contributed by atoms with Crippen LogP contribution in [0.15, 0.2) is 83.3 Å². The Balaban J connectivity index is 1.36. The third-order valence-corrected chi connectivity index (χ3v) is 5.53. The third kappa shape index (κ3) is 7.33. The van der Waals surface area contributed by atoms with Crippen molar-refractivity contribution in [3.8, 4) is 28.7 Å². The molecule has 9 heteroatoms. The number of benzene rings is 3. The van der Waals surface area contributed by atoms with Gasteiger partial charge in [0.15, 0.2) is 0 Å². The SMILES string of the molecule is Cc1oc(-c2ccccc2)nc1CCOc1cccc(CN(CC(=O)O)C(O)Oc2ccc(O)cc2)c1. The van der Waals surface area contributed by atoms with Crippen LogP contribution in [0.2, 0.25) is 0 Å². The van der Waals surface area contributed by atoms with Crippen LogP contribution in [-0.2, 0) is 17.8 Å². The second-order valence-electron chi connectivity index (χ2n) is 8.37. The van der Waals surface area contributed by atoms with Gasteiger partial charge >= 0.3 is 5.97 Å². The van der Waals surface area contributed by atoms with E-state index in [1.54, 1.807) is 18.2 Å². The number of phenols is 1. The minimum atomic E-state index is -1.51. The van der Waals surface area contributed by atoms with Crippen molar-refractivity contribution in [3.63, 3.8) is 0 Å². The van der Waals surface area contributed by atoms with Crippen molar-refractivity contribution in [2.75, 3.05) is 13.2 Å². The van der Waals surface area contributed by atoms with Crippen molar-refractivity contribution in [2.45, 2.75) is 26.3 Å². The molecule has 0 aliphatic rings. The van der Waals surface area contributed by atoms with Gasteiger partial charge in [-0.25, -0.2) is 9.88 Å². The molecule has 1 aromatic heterocycles. The predicted octanol–water partition coefficient (Wildman–Crippen LogP) is 4.22. The van der Waals surface area contributed by atoms with E-state index < -0.39 is 18.9 Å². The second kappa shape index (κ2) is 12.1. The van der Waals surface area contributed by atoms with E-state index in [0.717, 1.165) is 22.6 Å². The van der Waals surface area contributed by atoms with Gasteiger partial charge in [0.2, 0.25) is 5.89 Å². The molecule has 192 valence electrons. The lowest BCUT2D eigenvalue weighted by atomic mass is 10.2. The Morgan fingerprint density at radius 3 is 2.51 bits per heavy atom. The van der Waals surface area contributed by atoms with Gasteiger partial charge in [-0.15, -0.1) is 0 Å². The molecule has 1 unspecified atom stereocenters. The lowest BCUT2D eigenvalue weighted by molar-refractivity contribution is -0.161. The van der Waals surface area contributed by atoms with Crippen LogP contribution in [0, 0.1) is 6.92 Å². The largest absolute Gasteiger partial charge is 0.508 e. The number of oxazole rings is 1. The van der Waals surface area contributed by atoms with Crippen LogP contribution in [0.3, 0.4) is 0 Å². The average Bonchev–Trinajstić information content (AvgIpc) is 3.26. The molecule has 4 aromatic rings. The average molecular weight is 505 g/mol. The van der Waals surface area contributed by atoms with Crippen molar-refractivity contribution >= 4 is 5.97 Å². The molecule has 3 N–H and O–H groups in total. The van der Waals surface area contributed by atoms with E-state index in [9.17, 15) is 20.1 Å². The van der Waals surface area contributed by atoms with E-state index in [1.807, 2.05) is 43.3 Å². The summed E-state index contributed by atoms with van der Waals surface area (Å²) in [7, 11) is 0. The zero-order valence-electron chi connectivity index (χ0n) is 20.3. The first kappa shape index (κ1) is 25.7. The molecule has 0 aliphatic heterocycles. The quantitative estimate of drug-likeness (QED) is 0.243. The molecule has 1 heterocycles. The molecular weight excluding hydrogens is 476 g/mol. The molecule has 0 aliphatic carbocycles. The van der Waals surface area contributed by atoms with Gasteiger partial charge < -0.3 is 29.2 Å². The van der Waals surface area contributed by atoms with Gasteiger partial charge in [0.25, 0.3) is 6.41 Å². The first-order chi connectivity index (χ1) is 17.9. The standard InChI is InChI=1S/C28H28N2O7/c1-19-25(29-27(36-19)21-7-3-2-4-8-21)14-15-35-24-9-5-6-20(16-24)17-30(18-26(32)33)28(34)37-23-12-10-22(31)11-13-23/h2-13,16,28,31,34H,14-15,17-18H2,1H3,(H,32,33). The van der Waals surface area contributed by atoms with Crippen molar-refractivity contribution in [3.05, 3.63) is 95.9 Å². The van der Waals surface area contributed by atoms with Crippen LogP contribution in [0.5, 0.6) is 17.2 Å². The molecule has 0 saturated heterocycles. The van der Waals surface area contributed by atoms with Crippen LogP contribution in [-0.4, -0.2) is 50.7 Å². The van der Waals surface area contributed by atoms with E-state index in [2.05, 4.69) is 4.98 Å². The van der Waals surface area contributed by atoms with Crippen LogP contribution in [0.4, 0.5) is 0 Å². The Kier molecular flexibility index (Phi) is 8.40. The molecule has 0 saturated carbocycles. The van der Waals surface area contributed by atoms with Crippen LogP contribution in [0.1, 0.15) is 17.0 Å². The fourth-order valence-corrected chi connectivity index (χ4v) is 3.70. The number of nitrogens with zero attached hydrogens (tertiary/aromatic N) is 2. The van der Waals surface area contributed by atoms with Crippen LogP contribution in [0.25, 0.3) is 11.5 Å². The number of aliphatic carboxylic acids is 1. The molecule has 0 fully saturated rings. The number of phenolic OH excluding ortho intramolecular Hbond substituents is 1. The number of ether oxygens (including phenoxy) is 2. The summed E-state index contributed by atoms with van der Waals surface area (Å²) in [6.45, 7) is 1.90. The van der Waals surface area contributed by atoms with E-state index in [0.29, 0.717) is 24.7 Å². The van der Waals surface area contributed by atoms with Gasteiger partial charge in [-0.2, -0.15) is 0 Å². The van der Waals surface area contributed by atoms with Crippen molar-refractivity contribution in [2.24, 2.45) is 0 Å². The van der Waals surface area contributed by atoms with E-state index >= 15 is 0 Å². The Morgan fingerprint density at radius 1 is 1.03 bits per heavy atom. The van der Waals surface area contributed by atoms with Gasteiger partial charge in [0.1, 0.15) is 29.6 Å². The molecule has 0 amide bonds. The molecule has 0 bridgehead atoms. The number of hydrogen-bond acceptors (Lipinski definition) is 8. The van der Waals surface area contributed by atoms with E-state index in [-0.39, 0.29) is 18.0 Å². The zero-order chi connectivity index (χ0) is 26.2. The molecule has 1 atom stereocenters. The number of aromatic nitrogens is 1. The maximum atomic E-state index is 11.4. The summed E-state index contributed by atoms with van der Waals surface area (Å²) >= 11 is 0. The molecule has 37 heavy (non-hydrogen) atoms. The Hall–Kier alpha value is -4.34. The Morgan fingerprint density at radius 2 is 1.78 bits per heavy atom. The molecule has 0 radical (unpaired) electrons. The maximum Gasteiger partial charge on any atom is 0.317 e. The van der Waals surface area contributed by atoms with Crippen LogP contribution >= 0.6 is 0 Å². The highest BCUT2D eigenvalue weighted by Gasteiger charge is 2.21. The smallest absolute Gasteiger partial charge is 0.317 e. The lowest BCUT2D eigenvalue weighted by Crippen LogP contribution is -2.42. The number of carbonyl (C=O) groups is 1. The van der Waals surface area contributed by atoms with Gasteiger partial charge in [0, 0.05) is 18.5 Å². The number of aliphatic hydroxyl groups excluding tert-OH is 1. The summed E-state index contributed by atoms with van der Waals surface area (Å²) in [4.78, 5) is 17.2. The van der Waals surface area contributed by atoms with Gasteiger partial charge in [-0.05, 0) is 61.0 Å². The minimum Gasteiger partial charge on any atom is -0.508 e. The van der Waals surface area contributed by atoms with Crippen LogP contribution < -0.4 is 9.47 Å².